The number of carbonyl (C=O) groups excluding carboxylic acids is 4. The lowest BCUT2D eigenvalue weighted by Gasteiger charge is -2.08. The first kappa shape index (κ1) is 78.4. The number of fused-ring (bicyclic) bond motifs is 4. The van der Waals surface area contributed by atoms with Gasteiger partial charge < -0.3 is 30.1 Å². The molecule has 25 nitrogen and oxygen atoms in total. The number of aromatic nitrogens is 13. The molecule has 0 unspecified atom stereocenters. The molecule has 0 saturated carbocycles. The number of hydrogen-bond donors (Lipinski definition) is 4. The van der Waals surface area contributed by atoms with Crippen molar-refractivity contribution in [2.24, 2.45) is 0 Å². The van der Waals surface area contributed by atoms with Crippen LogP contribution in [-0.4, -0.2) is 87.3 Å². The third kappa shape index (κ3) is 18.5. The normalized spacial score (nSPS) is 11.3. The largest absolute Gasteiger partial charge is 0.472 e. The molecule has 10 aromatic heterocycles. The van der Waals surface area contributed by atoms with E-state index in [1.54, 1.807) is 47.3 Å². The van der Waals surface area contributed by atoms with E-state index in [4.69, 9.17) is 25.7 Å². The standard InChI is InChI=1S/C21H16N4O2.C20H12F3N5O2.C19H12ClF3N6O.C19H13F3N4OS/c1-14-17(10-11-27-14)21(26)23-20-18-4-2-3-5-19(18)25(24-20)13-16-8-6-15(12-22)7-9-16;21-20(22,23)15-3-1-12(2-4-15)10-28-16-9-25-8-14(7-24)17(16)18(27-28)26-19(29)13-5-6-30-11-13;20-13-8-24-9-15-16(13)17(26-18(30)14-2-1-7-25-27-14)28-29(15)10-11-3-5-12(6-4-11)19(21,22)23;20-19(21,22)13-7-5-12(6-8-13)11-26-16-4-2-1-3-14(16)17(24-26)23-18(27)15-9-10-28-25-15/h2-11H,13H2,1H3,(H,23,24,26);1-6,8-9,11H,10H2,(H,26,27,29);1-9H,10H2,(H,26,28,30);1-10H,11H2,(H,23,24,27). The molecule has 10 heterocycles. The molecule has 16 aromatic rings. The first-order valence-corrected chi connectivity index (χ1v) is 35.1. The molecule has 0 fully saturated rings. The topological polar surface area (TPSA) is 326 Å². The molecular formula is C79H53ClF9N19O6S. The maximum atomic E-state index is 12.8. The van der Waals surface area contributed by atoms with E-state index in [2.05, 4.69) is 72.3 Å². The minimum absolute atomic E-state index is 0.0909. The van der Waals surface area contributed by atoms with E-state index in [0.29, 0.717) is 79.3 Å². The number of halogens is 10. The van der Waals surface area contributed by atoms with Crippen LogP contribution < -0.4 is 21.3 Å². The number of furan rings is 2. The van der Waals surface area contributed by atoms with E-state index in [9.17, 15) is 64.0 Å². The average molecular weight is 1600 g/mol. The maximum Gasteiger partial charge on any atom is 0.416 e. The minimum atomic E-state index is -4.42. The maximum absolute atomic E-state index is 12.8. The smallest absolute Gasteiger partial charge is 0.416 e. The molecule has 4 amide bonds. The molecule has 0 aliphatic heterocycles. The Bertz CT molecular complexity index is 6280. The number of hydrogen-bond acceptors (Lipinski definition) is 18. The van der Waals surface area contributed by atoms with E-state index in [-0.39, 0.29) is 64.9 Å². The summed E-state index contributed by atoms with van der Waals surface area (Å²) < 4.78 is 135. The lowest BCUT2D eigenvalue weighted by Crippen LogP contribution is -2.15. The number of benzene rings is 6. The lowest BCUT2D eigenvalue weighted by atomic mass is 10.1. The van der Waals surface area contributed by atoms with Crippen molar-refractivity contribution < 1.29 is 67.5 Å². The zero-order chi connectivity index (χ0) is 81.1. The van der Waals surface area contributed by atoms with Crippen LogP contribution in [0.3, 0.4) is 0 Å². The Morgan fingerprint density at radius 2 is 0.939 bits per heavy atom. The van der Waals surface area contributed by atoms with Crippen LogP contribution in [0.25, 0.3) is 43.6 Å². The molecule has 0 saturated heterocycles. The van der Waals surface area contributed by atoms with Crippen LogP contribution in [0.15, 0.2) is 240 Å². The number of pyridine rings is 2. The highest BCUT2D eigenvalue weighted by molar-refractivity contribution is 7.03. The highest BCUT2D eigenvalue weighted by Gasteiger charge is 2.33. The van der Waals surface area contributed by atoms with Crippen molar-refractivity contribution in [3.05, 3.63) is 314 Å². The Morgan fingerprint density at radius 1 is 0.478 bits per heavy atom. The molecule has 36 heteroatoms. The SMILES string of the molecule is Cc1occc1C(=O)Nc1nn(Cc2ccc(C#N)cc2)c2ccccc12.N#Cc1cncc2c1c(NC(=O)c1ccoc1)nn2Cc1ccc(C(F)(F)F)cc1.O=C(Nc1nn(Cc2ccc(C(F)(F)F)cc2)c2ccccc12)c1ccsn1.O=C(Nc1nn(Cc2ccc(C(F)(F)F)cc2)c2cncc(Cl)c12)c1cccnn1. The van der Waals surface area contributed by atoms with Gasteiger partial charge in [0.25, 0.3) is 23.6 Å². The molecule has 0 aliphatic rings. The predicted octanol–water partition coefficient (Wildman–Crippen LogP) is 17.3. The molecule has 16 rings (SSSR count). The molecule has 0 radical (unpaired) electrons. The van der Waals surface area contributed by atoms with Gasteiger partial charge in [-0.25, -0.2) is 0 Å². The second-order valence-corrected chi connectivity index (χ2v) is 25.9. The Morgan fingerprint density at radius 3 is 1.40 bits per heavy atom. The van der Waals surface area contributed by atoms with Crippen LogP contribution in [-0.2, 0) is 44.7 Å². The molecule has 0 bridgehead atoms. The zero-order valence-corrected chi connectivity index (χ0v) is 60.7. The van der Waals surface area contributed by atoms with Crippen molar-refractivity contribution in [2.45, 2.75) is 51.6 Å². The number of carbonyl (C=O) groups is 4. The van der Waals surface area contributed by atoms with Crippen LogP contribution in [0.1, 0.15) is 97.5 Å². The first-order valence-electron chi connectivity index (χ1n) is 33.9. The summed E-state index contributed by atoms with van der Waals surface area (Å²) in [5.74, 6) is 0.130. The van der Waals surface area contributed by atoms with Gasteiger partial charge in [-0.3, -0.25) is 47.9 Å². The second kappa shape index (κ2) is 33.9. The number of nitriles is 2. The van der Waals surface area contributed by atoms with E-state index >= 15 is 0 Å². The van der Waals surface area contributed by atoms with Gasteiger partial charge in [0.2, 0.25) is 0 Å². The number of alkyl halides is 9. The van der Waals surface area contributed by atoms with Crippen LogP contribution in [0, 0.1) is 29.6 Å². The fourth-order valence-electron chi connectivity index (χ4n) is 11.6. The van der Waals surface area contributed by atoms with Gasteiger partial charge in [0, 0.05) is 34.7 Å². The number of para-hydroxylation sites is 2. The lowest BCUT2D eigenvalue weighted by molar-refractivity contribution is -0.138. The van der Waals surface area contributed by atoms with Crippen molar-refractivity contribution in [3.8, 4) is 12.1 Å². The number of rotatable bonds is 16. The Labute approximate surface area is 651 Å². The zero-order valence-electron chi connectivity index (χ0n) is 59.1. The second-order valence-electron chi connectivity index (χ2n) is 24.9. The monoisotopic (exact) mass is 1600 g/mol. The molecule has 0 spiro atoms. The Hall–Kier alpha value is -14.7. The molecule has 0 aliphatic carbocycles. The van der Waals surface area contributed by atoms with Gasteiger partial charge >= 0.3 is 18.5 Å². The van der Waals surface area contributed by atoms with Crippen molar-refractivity contribution >= 4 is 114 Å². The van der Waals surface area contributed by atoms with Gasteiger partial charge in [-0.05, 0) is 144 Å². The predicted molar refractivity (Wildman–Crippen MR) is 404 cm³/mol. The van der Waals surface area contributed by atoms with Crippen LogP contribution in [0.5, 0.6) is 0 Å². The van der Waals surface area contributed by atoms with Crippen molar-refractivity contribution in [3.63, 3.8) is 0 Å². The molecule has 6 aromatic carbocycles. The number of amides is 4. The van der Waals surface area contributed by atoms with Crippen LogP contribution in [0.2, 0.25) is 5.02 Å². The van der Waals surface area contributed by atoms with E-state index in [0.717, 1.165) is 63.8 Å². The minimum Gasteiger partial charge on any atom is -0.472 e. The van der Waals surface area contributed by atoms with Crippen LogP contribution in [0.4, 0.5) is 62.8 Å². The van der Waals surface area contributed by atoms with Gasteiger partial charge in [0.15, 0.2) is 29.0 Å². The van der Waals surface area contributed by atoms with Crippen LogP contribution >= 0.6 is 23.1 Å². The summed E-state index contributed by atoms with van der Waals surface area (Å²) >= 11 is 7.43. The molecular weight excluding hydrogens is 1550 g/mol. The Kier molecular flexibility index (Phi) is 23.1. The van der Waals surface area contributed by atoms with Gasteiger partial charge in [0.05, 0.1) is 134 Å². The molecule has 0 atom stereocenters. The highest BCUT2D eigenvalue weighted by atomic mass is 35.5. The molecule has 576 valence electrons. The molecule has 4 N–H and O–H groups in total. The summed E-state index contributed by atoms with van der Waals surface area (Å²) in [7, 11) is 0. The summed E-state index contributed by atoms with van der Waals surface area (Å²) in [6.45, 7) is 2.82. The van der Waals surface area contributed by atoms with E-state index in [1.165, 1.54) is 119 Å². The van der Waals surface area contributed by atoms with Gasteiger partial charge in [0.1, 0.15) is 23.8 Å². The number of aryl methyl sites for hydroxylation is 1. The first-order chi connectivity index (χ1) is 55.3. The fraction of sp³-hybridized carbons (Fsp3) is 0.101. The van der Waals surface area contributed by atoms with Crippen molar-refractivity contribution in [1.29, 1.82) is 10.5 Å². The number of anilines is 4. The number of nitrogens with one attached hydrogen (secondary N) is 4. The molecule has 115 heavy (non-hydrogen) atoms. The third-order valence-electron chi connectivity index (χ3n) is 17.3. The fourth-order valence-corrected chi connectivity index (χ4v) is 12.4. The van der Waals surface area contributed by atoms with E-state index in [1.807, 2.05) is 71.4 Å². The number of nitrogens with zero attached hydrogens (tertiary/aromatic N) is 15. The van der Waals surface area contributed by atoms with Gasteiger partial charge in [-0.15, -0.1) is 5.10 Å². The summed E-state index contributed by atoms with van der Waals surface area (Å²) in [5, 5.41) is 58.8. The third-order valence-corrected chi connectivity index (χ3v) is 18.1. The van der Waals surface area contributed by atoms with Crippen molar-refractivity contribution in [1.82, 2.24) is 63.7 Å². The highest BCUT2D eigenvalue weighted by Crippen LogP contribution is 2.36. The van der Waals surface area contributed by atoms with Gasteiger partial charge in [-0.2, -0.15) is 79.9 Å². The summed E-state index contributed by atoms with van der Waals surface area (Å²) in [5.41, 5.74) is 5.25. The quantitative estimate of drug-likeness (QED) is 0.0653. The Balaban J connectivity index is 0.000000134. The van der Waals surface area contributed by atoms with E-state index < -0.39 is 47.0 Å². The summed E-state index contributed by atoms with van der Waals surface area (Å²) in [4.78, 5) is 57.7. The average Bonchev–Trinajstić information content (AvgIpc) is 1.65. The summed E-state index contributed by atoms with van der Waals surface area (Å²) in [6, 6.07) is 48.7. The summed E-state index contributed by atoms with van der Waals surface area (Å²) in [6.07, 6.45) is -1.92. The van der Waals surface area contributed by atoms with Crippen molar-refractivity contribution in [2.75, 3.05) is 21.3 Å². The van der Waals surface area contributed by atoms with Gasteiger partial charge in [-0.1, -0.05) is 84.4 Å².